The van der Waals surface area contributed by atoms with Gasteiger partial charge in [0.2, 0.25) is 0 Å². The van der Waals surface area contributed by atoms with Crippen molar-refractivity contribution in [3.8, 4) is 17.6 Å². The lowest BCUT2D eigenvalue weighted by Gasteiger charge is -2.02. The molecule has 2 aromatic rings. The van der Waals surface area contributed by atoms with Crippen LogP contribution in [0.4, 0.5) is 0 Å². The van der Waals surface area contributed by atoms with Gasteiger partial charge in [-0.1, -0.05) is 0 Å². The van der Waals surface area contributed by atoms with Crippen molar-refractivity contribution in [2.45, 2.75) is 0 Å². The van der Waals surface area contributed by atoms with Gasteiger partial charge in [-0.05, 0) is 12.1 Å². The molecule has 0 atom stereocenters. The Kier molecular flexibility index (Phi) is 1.97. The monoisotopic (exact) mass is 203 g/mol. The number of phenols is 1. The third-order valence-electron chi connectivity index (χ3n) is 2.25. The van der Waals surface area contributed by atoms with E-state index in [4.69, 9.17) is 10.00 Å². The molecule has 0 fully saturated rings. The van der Waals surface area contributed by atoms with E-state index in [1.165, 1.54) is 17.9 Å². The van der Waals surface area contributed by atoms with Crippen LogP contribution in [0.25, 0.3) is 10.9 Å². The maximum absolute atomic E-state index is 9.52. The minimum Gasteiger partial charge on any atom is -0.504 e. The zero-order valence-corrected chi connectivity index (χ0v) is 8.35. The molecule has 0 spiro atoms. The highest BCUT2D eigenvalue weighted by Crippen LogP contribution is 2.34. The fourth-order valence-corrected chi connectivity index (χ4v) is 1.56. The fraction of sp³-hybridized carbons (Fsp3) is 0.200. The van der Waals surface area contributed by atoms with Crippen molar-refractivity contribution in [1.82, 2.24) is 9.78 Å². The number of rotatable bonds is 1. The fourth-order valence-electron chi connectivity index (χ4n) is 1.56. The summed E-state index contributed by atoms with van der Waals surface area (Å²) in [4.78, 5) is 0. The molecule has 15 heavy (non-hydrogen) atoms. The number of fused-ring (bicyclic) bond motifs is 1. The van der Waals surface area contributed by atoms with Gasteiger partial charge in [0.1, 0.15) is 17.3 Å². The SMILES string of the molecule is COc1c(O)ccc2c(C#N)n(C)nc12. The molecule has 0 aliphatic carbocycles. The molecule has 2 rings (SSSR count). The van der Waals surface area contributed by atoms with Gasteiger partial charge in [0.25, 0.3) is 0 Å². The standard InChI is InChI=1S/C10H9N3O2/c1-13-7(5-11)6-3-4-8(14)10(15-2)9(6)12-13/h3-4,14H,1-2H3. The second-order valence-corrected chi connectivity index (χ2v) is 3.10. The molecule has 5 nitrogen and oxygen atoms in total. The van der Waals surface area contributed by atoms with Crippen LogP contribution < -0.4 is 4.74 Å². The lowest BCUT2D eigenvalue weighted by molar-refractivity contribution is 0.377. The highest BCUT2D eigenvalue weighted by Gasteiger charge is 2.15. The van der Waals surface area contributed by atoms with Crippen molar-refractivity contribution in [2.24, 2.45) is 7.05 Å². The van der Waals surface area contributed by atoms with Crippen molar-refractivity contribution in [3.63, 3.8) is 0 Å². The van der Waals surface area contributed by atoms with E-state index in [-0.39, 0.29) is 5.75 Å². The van der Waals surface area contributed by atoms with Crippen molar-refractivity contribution in [3.05, 3.63) is 17.8 Å². The van der Waals surface area contributed by atoms with Gasteiger partial charge < -0.3 is 9.84 Å². The third kappa shape index (κ3) is 1.19. The van der Waals surface area contributed by atoms with Crippen molar-refractivity contribution in [1.29, 1.82) is 5.26 Å². The van der Waals surface area contributed by atoms with Crippen LogP contribution in [0.2, 0.25) is 0 Å². The summed E-state index contributed by atoms with van der Waals surface area (Å²) in [6.45, 7) is 0. The first-order valence-electron chi connectivity index (χ1n) is 4.31. The molecule has 1 aromatic heterocycles. The molecule has 5 heteroatoms. The topological polar surface area (TPSA) is 71.1 Å². The number of phenolic OH excluding ortho intramolecular Hbond substituents is 1. The summed E-state index contributed by atoms with van der Waals surface area (Å²) in [6.07, 6.45) is 0. The molecule has 1 N–H and O–H groups in total. The average molecular weight is 203 g/mol. The predicted molar refractivity (Wildman–Crippen MR) is 53.6 cm³/mol. The molecule has 0 amide bonds. The van der Waals surface area contributed by atoms with Crippen LogP contribution in [0.5, 0.6) is 11.5 Å². The minimum atomic E-state index is 0.0209. The minimum absolute atomic E-state index is 0.0209. The zero-order chi connectivity index (χ0) is 11.0. The number of benzene rings is 1. The Morgan fingerprint density at radius 3 is 2.87 bits per heavy atom. The zero-order valence-electron chi connectivity index (χ0n) is 8.35. The highest BCUT2D eigenvalue weighted by molar-refractivity contribution is 5.90. The smallest absolute Gasteiger partial charge is 0.188 e. The van der Waals surface area contributed by atoms with Gasteiger partial charge in [0.05, 0.1) is 7.11 Å². The molecule has 0 unspecified atom stereocenters. The normalized spacial score (nSPS) is 10.2. The van der Waals surface area contributed by atoms with E-state index >= 15 is 0 Å². The number of aromatic hydroxyl groups is 1. The van der Waals surface area contributed by atoms with Crippen LogP contribution in [-0.2, 0) is 7.05 Å². The summed E-state index contributed by atoms with van der Waals surface area (Å²) in [7, 11) is 3.13. The van der Waals surface area contributed by atoms with Crippen LogP contribution in [0.15, 0.2) is 12.1 Å². The van der Waals surface area contributed by atoms with E-state index in [0.717, 1.165) is 0 Å². The Morgan fingerprint density at radius 1 is 1.53 bits per heavy atom. The predicted octanol–water partition coefficient (Wildman–Crippen LogP) is 1.16. The molecular weight excluding hydrogens is 194 g/mol. The van der Waals surface area contributed by atoms with Crippen LogP contribution >= 0.6 is 0 Å². The molecule has 0 aliphatic heterocycles. The molecule has 1 heterocycles. The van der Waals surface area contributed by atoms with Gasteiger partial charge in [-0.15, -0.1) is 0 Å². The van der Waals surface area contributed by atoms with E-state index in [2.05, 4.69) is 11.2 Å². The van der Waals surface area contributed by atoms with E-state index in [0.29, 0.717) is 22.3 Å². The number of aromatic nitrogens is 2. The van der Waals surface area contributed by atoms with Gasteiger partial charge in [0, 0.05) is 12.4 Å². The molecule has 0 saturated carbocycles. The Balaban J connectivity index is 2.91. The highest BCUT2D eigenvalue weighted by atomic mass is 16.5. The van der Waals surface area contributed by atoms with Crippen molar-refractivity contribution < 1.29 is 9.84 Å². The van der Waals surface area contributed by atoms with Crippen LogP contribution in [-0.4, -0.2) is 22.0 Å². The molecule has 0 radical (unpaired) electrons. The largest absolute Gasteiger partial charge is 0.504 e. The first-order valence-corrected chi connectivity index (χ1v) is 4.31. The maximum Gasteiger partial charge on any atom is 0.188 e. The summed E-state index contributed by atoms with van der Waals surface area (Å²) in [5, 5.41) is 23.2. The number of ether oxygens (including phenoxy) is 1. The van der Waals surface area contributed by atoms with Gasteiger partial charge in [-0.25, -0.2) is 0 Å². The number of hydrogen-bond donors (Lipinski definition) is 1. The molecule has 0 aliphatic rings. The van der Waals surface area contributed by atoms with E-state index < -0.39 is 0 Å². The van der Waals surface area contributed by atoms with Gasteiger partial charge in [0.15, 0.2) is 11.5 Å². The second kappa shape index (κ2) is 3.17. The van der Waals surface area contributed by atoms with Crippen LogP contribution in [0, 0.1) is 11.3 Å². The van der Waals surface area contributed by atoms with E-state index in [9.17, 15) is 5.11 Å². The average Bonchev–Trinajstić information content (AvgIpc) is 2.53. The first-order chi connectivity index (χ1) is 7.19. The van der Waals surface area contributed by atoms with Crippen molar-refractivity contribution in [2.75, 3.05) is 7.11 Å². The summed E-state index contributed by atoms with van der Waals surface area (Å²) >= 11 is 0. The van der Waals surface area contributed by atoms with Gasteiger partial charge >= 0.3 is 0 Å². The lowest BCUT2D eigenvalue weighted by atomic mass is 10.2. The maximum atomic E-state index is 9.52. The molecule has 1 aromatic carbocycles. The summed E-state index contributed by atoms with van der Waals surface area (Å²) < 4.78 is 6.50. The van der Waals surface area contributed by atoms with Crippen LogP contribution in [0.1, 0.15) is 5.69 Å². The quantitative estimate of drug-likeness (QED) is 0.754. The third-order valence-corrected chi connectivity index (χ3v) is 2.25. The Labute approximate surface area is 86.1 Å². The van der Waals surface area contributed by atoms with Gasteiger partial charge in [-0.3, -0.25) is 4.68 Å². The summed E-state index contributed by atoms with van der Waals surface area (Å²) in [5.41, 5.74) is 0.944. The Morgan fingerprint density at radius 2 is 2.27 bits per heavy atom. The summed E-state index contributed by atoms with van der Waals surface area (Å²) in [5.74, 6) is 0.317. The second-order valence-electron chi connectivity index (χ2n) is 3.10. The Bertz CT molecular complexity index is 566. The number of methoxy groups -OCH3 is 1. The number of nitrogens with zero attached hydrogens (tertiary/aromatic N) is 3. The van der Waals surface area contributed by atoms with Gasteiger partial charge in [-0.2, -0.15) is 10.4 Å². The first kappa shape index (κ1) is 9.34. The number of hydrogen-bond acceptors (Lipinski definition) is 4. The molecule has 0 bridgehead atoms. The number of aryl methyl sites for hydroxylation is 1. The summed E-state index contributed by atoms with van der Waals surface area (Å²) in [6, 6.07) is 5.19. The number of nitriles is 1. The molecular formula is C10H9N3O2. The van der Waals surface area contributed by atoms with E-state index in [1.807, 2.05) is 0 Å². The molecule has 76 valence electrons. The lowest BCUT2D eigenvalue weighted by Crippen LogP contribution is -1.92. The van der Waals surface area contributed by atoms with Crippen LogP contribution in [0.3, 0.4) is 0 Å². The van der Waals surface area contributed by atoms with Crippen molar-refractivity contribution >= 4 is 10.9 Å². The Hall–Kier alpha value is -2.22. The van der Waals surface area contributed by atoms with E-state index in [1.54, 1.807) is 13.1 Å². The molecule has 0 saturated heterocycles.